The van der Waals surface area contributed by atoms with E-state index in [4.69, 9.17) is 4.74 Å². The van der Waals surface area contributed by atoms with E-state index in [9.17, 15) is 4.79 Å². The van der Waals surface area contributed by atoms with Gasteiger partial charge in [0.15, 0.2) is 0 Å². The Bertz CT molecular complexity index is 694. The molecule has 1 aromatic heterocycles. The fraction of sp³-hybridized carbons (Fsp3) is 0.500. The van der Waals surface area contributed by atoms with Gasteiger partial charge in [-0.1, -0.05) is 45.0 Å². The summed E-state index contributed by atoms with van der Waals surface area (Å²) in [5.41, 5.74) is 1.58. The molecule has 0 bridgehead atoms. The van der Waals surface area contributed by atoms with Gasteiger partial charge in [-0.2, -0.15) is 0 Å². The number of fused-ring (bicyclic) bond motifs is 1. The molecule has 0 radical (unpaired) electrons. The molecule has 3 heteroatoms. The topological polar surface area (TPSA) is 39.2 Å². The number of hydrogen-bond donors (Lipinski definition) is 0. The third-order valence-electron chi connectivity index (χ3n) is 4.98. The molecule has 1 saturated carbocycles. The van der Waals surface area contributed by atoms with E-state index in [1.807, 2.05) is 30.3 Å². The summed E-state index contributed by atoms with van der Waals surface area (Å²) in [6.07, 6.45) is 4.22. The molecule has 1 fully saturated rings. The van der Waals surface area contributed by atoms with Crippen LogP contribution >= 0.6 is 0 Å². The number of ether oxygens (including phenoxy) is 1. The maximum atomic E-state index is 12.4. The lowest BCUT2D eigenvalue weighted by Crippen LogP contribution is -2.30. The average Bonchev–Trinajstić information content (AvgIpc) is 2.54. The maximum absolute atomic E-state index is 12.4. The lowest BCUT2D eigenvalue weighted by molar-refractivity contribution is 0.00875. The van der Waals surface area contributed by atoms with Crippen molar-refractivity contribution in [2.24, 2.45) is 11.3 Å². The highest BCUT2D eigenvalue weighted by molar-refractivity contribution is 5.91. The van der Waals surface area contributed by atoms with Crippen LogP contribution in [0.4, 0.5) is 0 Å². The Hall–Kier alpha value is -1.90. The minimum absolute atomic E-state index is 0.0365. The summed E-state index contributed by atoms with van der Waals surface area (Å²) in [6, 6.07) is 11.5. The summed E-state index contributed by atoms with van der Waals surface area (Å²) >= 11 is 0. The molecule has 23 heavy (non-hydrogen) atoms. The van der Waals surface area contributed by atoms with Gasteiger partial charge in [0.25, 0.3) is 0 Å². The van der Waals surface area contributed by atoms with Gasteiger partial charge in [0, 0.05) is 5.39 Å². The Morgan fingerprint density at radius 3 is 2.43 bits per heavy atom. The van der Waals surface area contributed by atoms with Crippen molar-refractivity contribution in [1.29, 1.82) is 0 Å². The second-order valence-electron chi connectivity index (χ2n) is 7.63. The molecule has 3 rings (SSSR count). The summed E-state index contributed by atoms with van der Waals surface area (Å²) < 4.78 is 5.69. The number of nitrogens with zero attached hydrogens (tertiary/aromatic N) is 1. The fourth-order valence-electron chi connectivity index (χ4n) is 3.44. The van der Waals surface area contributed by atoms with Crippen LogP contribution in [0.15, 0.2) is 36.4 Å². The molecule has 0 aliphatic heterocycles. The van der Waals surface area contributed by atoms with Crippen LogP contribution in [-0.4, -0.2) is 17.1 Å². The summed E-state index contributed by atoms with van der Waals surface area (Å²) in [5, 5.41) is 1.04. The van der Waals surface area contributed by atoms with Crippen LogP contribution in [-0.2, 0) is 4.74 Å². The summed E-state index contributed by atoms with van der Waals surface area (Å²) in [7, 11) is 0. The molecule has 2 aromatic rings. The number of carbonyl (C=O) groups is 1. The van der Waals surface area contributed by atoms with Crippen LogP contribution in [0.2, 0.25) is 0 Å². The molecule has 1 aliphatic carbocycles. The Morgan fingerprint density at radius 1 is 1.04 bits per heavy atom. The molecule has 1 aromatic carbocycles. The molecule has 1 aliphatic rings. The van der Waals surface area contributed by atoms with E-state index in [1.165, 1.54) is 0 Å². The smallest absolute Gasteiger partial charge is 0.357 e. The molecule has 0 atom stereocenters. The molecule has 0 spiro atoms. The summed E-state index contributed by atoms with van der Waals surface area (Å²) in [6.45, 7) is 6.88. The van der Waals surface area contributed by atoms with Crippen molar-refractivity contribution in [2.75, 3.05) is 0 Å². The standard InChI is InChI=1S/C20H25NO2/c1-20(2,3)15-9-11-16(12-10-15)23-19(22)18-13-8-14-6-4-5-7-17(14)21-18/h4-8,13,15-16H,9-12H2,1-3H3. The predicted molar refractivity (Wildman–Crippen MR) is 92.4 cm³/mol. The monoisotopic (exact) mass is 311 g/mol. The van der Waals surface area contributed by atoms with Crippen molar-refractivity contribution < 1.29 is 9.53 Å². The first-order valence-corrected chi connectivity index (χ1v) is 8.50. The van der Waals surface area contributed by atoms with Crippen molar-refractivity contribution in [2.45, 2.75) is 52.6 Å². The van der Waals surface area contributed by atoms with E-state index in [0.717, 1.165) is 42.5 Å². The normalized spacial score (nSPS) is 22.0. The van der Waals surface area contributed by atoms with Crippen molar-refractivity contribution in [1.82, 2.24) is 4.98 Å². The molecular weight excluding hydrogens is 286 g/mol. The number of para-hydroxylation sites is 1. The minimum Gasteiger partial charge on any atom is -0.458 e. The number of aromatic nitrogens is 1. The number of hydrogen-bond acceptors (Lipinski definition) is 3. The van der Waals surface area contributed by atoms with E-state index in [2.05, 4.69) is 25.8 Å². The quantitative estimate of drug-likeness (QED) is 0.733. The molecule has 0 saturated heterocycles. The lowest BCUT2D eigenvalue weighted by Gasteiger charge is -2.36. The summed E-state index contributed by atoms with van der Waals surface area (Å²) in [5.74, 6) is 0.422. The van der Waals surface area contributed by atoms with E-state index in [1.54, 1.807) is 6.07 Å². The van der Waals surface area contributed by atoms with E-state index in [0.29, 0.717) is 11.1 Å². The number of rotatable bonds is 2. The number of esters is 1. The van der Waals surface area contributed by atoms with Crippen LogP contribution in [0.25, 0.3) is 10.9 Å². The van der Waals surface area contributed by atoms with E-state index < -0.39 is 0 Å². The molecule has 0 N–H and O–H groups in total. The third-order valence-corrected chi connectivity index (χ3v) is 4.98. The molecular formula is C20H25NO2. The molecule has 0 unspecified atom stereocenters. The van der Waals surface area contributed by atoms with Crippen molar-refractivity contribution in [3.8, 4) is 0 Å². The van der Waals surface area contributed by atoms with Gasteiger partial charge in [0.05, 0.1) is 5.52 Å². The Balaban J connectivity index is 1.63. The van der Waals surface area contributed by atoms with Crippen molar-refractivity contribution in [3.63, 3.8) is 0 Å². The van der Waals surface area contributed by atoms with Gasteiger partial charge in [0.1, 0.15) is 11.8 Å². The molecule has 0 amide bonds. The highest BCUT2D eigenvalue weighted by atomic mass is 16.5. The van der Waals surface area contributed by atoms with Gasteiger partial charge in [0.2, 0.25) is 0 Å². The Morgan fingerprint density at radius 2 is 1.74 bits per heavy atom. The second-order valence-corrected chi connectivity index (χ2v) is 7.63. The van der Waals surface area contributed by atoms with Crippen LogP contribution in [0.1, 0.15) is 56.9 Å². The lowest BCUT2D eigenvalue weighted by atomic mass is 9.72. The van der Waals surface area contributed by atoms with Gasteiger partial charge in [-0.15, -0.1) is 0 Å². The van der Waals surface area contributed by atoms with E-state index in [-0.39, 0.29) is 12.1 Å². The fourth-order valence-corrected chi connectivity index (χ4v) is 3.44. The zero-order valence-corrected chi connectivity index (χ0v) is 14.2. The first-order chi connectivity index (χ1) is 10.9. The zero-order valence-electron chi connectivity index (χ0n) is 14.2. The predicted octanol–water partition coefficient (Wildman–Crippen LogP) is 5.00. The van der Waals surface area contributed by atoms with Crippen LogP contribution in [0, 0.1) is 11.3 Å². The van der Waals surface area contributed by atoms with Crippen LogP contribution in [0.5, 0.6) is 0 Å². The SMILES string of the molecule is CC(C)(C)C1CCC(OC(=O)c2ccc3ccccc3n2)CC1. The maximum Gasteiger partial charge on any atom is 0.357 e. The molecule has 3 nitrogen and oxygen atoms in total. The van der Waals surface area contributed by atoms with Crippen molar-refractivity contribution in [3.05, 3.63) is 42.1 Å². The summed E-state index contributed by atoms with van der Waals surface area (Å²) in [4.78, 5) is 16.8. The first kappa shape index (κ1) is 16.0. The molecule has 1 heterocycles. The Labute approximate surface area is 138 Å². The van der Waals surface area contributed by atoms with Crippen LogP contribution < -0.4 is 0 Å². The Kier molecular flexibility index (Phi) is 4.38. The van der Waals surface area contributed by atoms with Gasteiger partial charge in [-0.3, -0.25) is 0 Å². The van der Waals surface area contributed by atoms with Gasteiger partial charge in [-0.25, -0.2) is 9.78 Å². The minimum atomic E-state index is -0.296. The average molecular weight is 311 g/mol. The second kappa shape index (κ2) is 6.31. The zero-order chi connectivity index (χ0) is 16.4. The highest BCUT2D eigenvalue weighted by Crippen LogP contribution is 2.38. The van der Waals surface area contributed by atoms with Crippen molar-refractivity contribution >= 4 is 16.9 Å². The number of carbonyl (C=O) groups excluding carboxylic acids is 1. The van der Waals surface area contributed by atoms with Crippen LogP contribution in [0.3, 0.4) is 0 Å². The first-order valence-electron chi connectivity index (χ1n) is 8.50. The van der Waals surface area contributed by atoms with Gasteiger partial charge < -0.3 is 4.74 Å². The number of pyridine rings is 1. The molecule has 122 valence electrons. The van der Waals surface area contributed by atoms with Gasteiger partial charge in [-0.05, 0) is 49.1 Å². The largest absolute Gasteiger partial charge is 0.458 e. The third kappa shape index (κ3) is 3.72. The number of benzene rings is 1. The highest BCUT2D eigenvalue weighted by Gasteiger charge is 2.31. The van der Waals surface area contributed by atoms with Gasteiger partial charge >= 0.3 is 5.97 Å². The van der Waals surface area contributed by atoms with E-state index >= 15 is 0 Å².